The fourth-order valence-corrected chi connectivity index (χ4v) is 2.67. The maximum absolute atomic E-state index is 13.2. The molecule has 0 saturated carbocycles. The van der Waals surface area contributed by atoms with Crippen LogP contribution in [0.2, 0.25) is 0 Å². The molecule has 0 aliphatic carbocycles. The Morgan fingerprint density at radius 2 is 1.80 bits per heavy atom. The molecule has 1 fully saturated rings. The lowest BCUT2D eigenvalue weighted by atomic mass is 9.99. The summed E-state index contributed by atoms with van der Waals surface area (Å²) in [6.45, 7) is 8.39. The van der Waals surface area contributed by atoms with E-state index in [1.807, 2.05) is 6.92 Å². The van der Waals surface area contributed by atoms with Crippen LogP contribution in [0.3, 0.4) is 0 Å². The van der Waals surface area contributed by atoms with E-state index >= 15 is 0 Å². The molecular weight excluding hydrogens is 258 g/mol. The highest BCUT2D eigenvalue weighted by atomic mass is 19.1. The number of rotatable bonds is 5. The largest absolute Gasteiger partial charge is 0.309 e. The molecule has 1 saturated heterocycles. The number of likely N-dealkylation sites (tertiary alicyclic amines) is 1. The molecule has 0 amide bonds. The summed E-state index contributed by atoms with van der Waals surface area (Å²) in [6, 6.07) is 3.65. The van der Waals surface area contributed by atoms with Gasteiger partial charge in [0.05, 0.1) is 0 Å². The van der Waals surface area contributed by atoms with E-state index in [4.69, 9.17) is 0 Å². The standard InChI is InChI=1S/C16H24F2N2/c1-12-3-6-20(7-4-12)8-5-19-13(2)14-9-15(17)11-16(18)10-14/h9-13,19H,3-8H2,1-2H3. The zero-order valence-corrected chi connectivity index (χ0v) is 12.3. The van der Waals surface area contributed by atoms with E-state index in [1.165, 1.54) is 25.0 Å². The highest BCUT2D eigenvalue weighted by molar-refractivity contribution is 5.20. The number of nitrogens with one attached hydrogen (secondary N) is 1. The fourth-order valence-electron chi connectivity index (χ4n) is 2.67. The van der Waals surface area contributed by atoms with Gasteiger partial charge in [-0.05, 0) is 56.5 Å². The van der Waals surface area contributed by atoms with Crippen LogP contribution in [0, 0.1) is 17.6 Å². The molecule has 20 heavy (non-hydrogen) atoms. The molecule has 1 aliphatic rings. The summed E-state index contributed by atoms with van der Waals surface area (Å²) < 4.78 is 26.3. The molecule has 0 bridgehead atoms. The summed E-state index contributed by atoms with van der Waals surface area (Å²) in [6.07, 6.45) is 2.54. The van der Waals surface area contributed by atoms with Crippen molar-refractivity contribution in [3.63, 3.8) is 0 Å². The number of nitrogens with zero attached hydrogens (tertiary/aromatic N) is 1. The molecule has 0 spiro atoms. The Morgan fingerprint density at radius 1 is 1.20 bits per heavy atom. The Kier molecular flexibility index (Phi) is 5.49. The number of benzene rings is 1. The van der Waals surface area contributed by atoms with Gasteiger partial charge in [0, 0.05) is 25.2 Å². The molecule has 2 nitrogen and oxygen atoms in total. The molecular formula is C16H24F2N2. The van der Waals surface area contributed by atoms with E-state index < -0.39 is 11.6 Å². The van der Waals surface area contributed by atoms with E-state index in [-0.39, 0.29) is 6.04 Å². The van der Waals surface area contributed by atoms with Gasteiger partial charge in [-0.2, -0.15) is 0 Å². The molecule has 112 valence electrons. The average Bonchev–Trinajstić information content (AvgIpc) is 2.40. The van der Waals surface area contributed by atoms with Crippen LogP contribution in [0.1, 0.15) is 38.3 Å². The van der Waals surface area contributed by atoms with Crippen LogP contribution in [-0.2, 0) is 0 Å². The lowest BCUT2D eigenvalue weighted by Gasteiger charge is -2.30. The minimum Gasteiger partial charge on any atom is -0.309 e. The second-order valence-electron chi connectivity index (χ2n) is 5.90. The second kappa shape index (κ2) is 7.14. The number of hydrogen-bond donors (Lipinski definition) is 1. The molecule has 1 heterocycles. The lowest BCUT2D eigenvalue weighted by molar-refractivity contribution is 0.191. The second-order valence-corrected chi connectivity index (χ2v) is 5.90. The quantitative estimate of drug-likeness (QED) is 0.891. The van der Waals surface area contributed by atoms with Crippen molar-refractivity contribution in [1.29, 1.82) is 0 Å². The lowest BCUT2D eigenvalue weighted by Crippen LogP contribution is -2.38. The summed E-state index contributed by atoms with van der Waals surface area (Å²) in [5.41, 5.74) is 0.662. The van der Waals surface area contributed by atoms with Crippen LogP contribution >= 0.6 is 0 Å². The predicted molar refractivity (Wildman–Crippen MR) is 77.6 cm³/mol. The Labute approximate surface area is 120 Å². The molecule has 1 unspecified atom stereocenters. The first kappa shape index (κ1) is 15.4. The van der Waals surface area contributed by atoms with Crippen molar-refractivity contribution >= 4 is 0 Å². The number of hydrogen-bond acceptors (Lipinski definition) is 2. The van der Waals surface area contributed by atoms with E-state index in [1.54, 1.807) is 0 Å². The molecule has 4 heteroatoms. The van der Waals surface area contributed by atoms with Crippen LogP contribution < -0.4 is 5.32 Å². The first-order chi connectivity index (χ1) is 9.54. The minimum atomic E-state index is -0.515. The highest BCUT2D eigenvalue weighted by Crippen LogP contribution is 2.17. The average molecular weight is 282 g/mol. The third kappa shape index (κ3) is 4.53. The Morgan fingerprint density at radius 3 is 2.40 bits per heavy atom. The van der Waals surface area contributed by atoms with Crippen LogP contribution in [0.25, 0.3) is 0 Å². The molecule has 2 rings (SSSR count). The third-order valence-corrected chi connectivity index (χ3v) is 4.14. The zero-order chi connectivity index (χ0) is 14.5. The van der Waals surface area contributed by atoms with Gasteiger partial charge < -0.3 is 10.2 Å². The van der Waals surface area contributed by atoms with Gasteiger partial charge in [0.15, 0.2) is 0 Å². The smallest absolute Gasteiger partial charge is 0.126 e. The van der Waals surface area contributed by atoms with E-state index in [0.29, 0.717) is 5.56 Å². The van der Waals surface area contributed by atoms with Crippen LogP contribution in [0.15, 0.2) is 18.2 Å². The third-order valence-electron chi connectivity index (χ3n) is 4.14. The van der Waals surface area contributed by atoms with Gasteiger partial charge in [-0.3, -0.25) is 0 Å². The van der Waals surface area contributed by atoms with E-state index in [9.17, 15) is 8.78 Å². The van der Waals surface area contributed by atoms with Crippen molar-refractivity contribution < 1.29 is 8.78 Å². The molecule has 0 radical (unpaired) electrons. The van der Waals surface area contributed by atoms with E-state index in [2.05, 4.69) is 17.1 Å². The zero-order valence-electron chi connectivity index (χ0n) is 12.3. The fraction of sp³-hybridized carbons (Fsp3) is 0.625. The van der Waals surface area contributed by atoms with Crippen molar-refractivity contribution in [3.05, 3.63) is 35.4 Å². The van der Waals surface area contributed by atoms with Crippen molar-refractivity contribution in [1.82, 2.24) is 10.2 Å². The Hall–Kier alpha value is -1.00. The summed E-state index contributed by atoms with van der Waals surface area (Å²) in [7, 11) is 0. The van der Waals surface area contributed by atoms with Crippen molar-refractivity contribution in [2.24, 2.45) is 5.92 Å². The maximum Gasteiger partial charge on any atom is 0.126 e. The van der Waals surface area contributed by atoms with Gasteiger partial charge in [0.2, 0.25) is 0 Å². The normalized spacial score (nSPS) is 19.2. The van der Waals surface area contributed by atoms with Crippen molar-refractivity contribution in [2.75, 3.05) is 26.2 Å². The Bertz CT molecular complexity index is 408. The summed E-state index contributed by atoms with van der Waals surface area (Å²) in [5, 5.41) is 3.34. The van der Waals surface area contributed by atoms with Crippen LogP contribution in [0.4, 0.5) is 8.78 Å². The minimum absolute atomic E-state index is 0.0380. The number of piperidine rings is 1. The Balaban J connectivity index is 1.76. The first-order valence-electron chi connectivity index (χ1n) is 7.46. The molecule has 1 aromatic rings. The van der Waals surface area contributed by atoms with Gasteiger partial charge in [0.1, 0.15) is 11.6 Å². The summed E-state index contributed by atoms with van der Waals surface area (Å²) in [5.74, 6) is -0.189. The van der Waals surface area contributed by atoms with Crippen molar-refractivity contribution in [2.45, 2.75) is 32.7 Å². The van der Waals surface area contributed by atoms with Gasteiger partial charge in [-0.1, -0.05) is 6.92 Å². The van der Waals surface area contributed by atoms with Crippen molar-refractivity contribution in [3.8, 4) is 0 Å². The maximum atomic E-state index is 13.2. The summed E-state index contributed by atoms with van der Waals surface area (Å²) >= 11 is 0. The van der Waals surface area contributed by atoms with Crippen LogP contribution in [0.5, 0.6) is 0 Å². The monoisotopic (exact) mass is 282 g/mol. The molecule has 1 atom stereocenters. The SMILES string of the molecule is CC1CCN(CCNC(C)c2cc(F)cc(F)c2)CC1. The molecule has 0 aromatic heterocycles. The molecule has 1 aromatic carbocycles. The van der Waals surface area contributed by atoms with Gasteiger partial charge in [-0.15, -0.1) is 0 Å². The van der Waals surface area contributed by atoms with Gasteiger partial charge in [0.25, 0.3) is 0 Å². The topological polar surface area (TPSA) is 15.3 Å². The van der Waals surface area contributed by atoms with E-state index in [0.717, 1.165) is 38.2 Å². The van der Waals surface area contributed by atoms with Gasteiger partial charge in [-0.25, -0.2) is 8.78 Å². The number of halogens is 2. The summed E-state index contributed by atoms with van der Waals surface area (Å²) in [4.78, 5) is 2.45. The first-order valence-corrected chi connectivity index (χ1v) is 7.46. The molecule has 1 aliphatic heterocycles. The predicted octanol–water partition coefficient (Wildman–Crippen LogP) is 3.35. The highest BCUT2D eigenvalue weighted by Gasteiger charge is 2.15. The van der Waals surface area contributed by atoms with Crippen LogP contribution in [-0.4, -0.2) is 31.1 Å². The molecule has 1 N–H and O–H groups in total. The van der Waals surface area contributed by atoms with Gasteiger partial charge >= 0.3 is 0 Å².